The van der Waals surface area contributed by atoms with E-state index in [0.29, 0.717) is 6.10 Å². The zero-order valence-electron chi connectivity index (χ0n) is 13.1. The average Bonchev–Trinajstić information content (AvgIpc) is 2.93. The Kier molecular flexibility index (Phi) is 11.5. The summed E-state index contributed by atoms with van der Waals surface area (Å²) in [6.07, 6.45) is 19.7. The maximum absolute atomic E-state index is 5.64. The fourth-order valence-electron chi connectivity index (χ4n) is 2.87. The molecule has 0 radical (unpaired) electrons. The molecular weight excluding hydrogens is 234 g/mol. The Morgan fingerprint density at radius 3 is 1.89 bits per heavy atom. The van der Waals surface area contributed by atoms with Gasteiger partial charge in [-0.15, -0.1) is 0 Å². The second kappa shape index (κ2) is 12.9. The van der Waals surface area contributed by atoms with Gasteiger partial charge in [-0.25, -0.2) is 5.48 Å². The Labute approximate surface area is 120 Å². The van der Waals surface area contributed by atoms with Crippen LogP contribution in [-0.2, 0) is 4.84 Å². The van der Waals surface area contributed by atoms with Crippen LogP contribution in [0.5, 0.6) is 0 Å². The molecule has 1 aliphatic carbocycles. The third-order valence-electron chi connectivity index (χ3n) is 4.18. The van der Waals surface area contributed by atoms with E-state index in [1.54, 1.807) is 0 Å². The Hall–Kier alpha value is -0.0800. The summed E-state index contributed by atoms with van der Waals surface area (Å²) in [6, 6.07) is 0. The van der Waals surface area contributed by atoms with E-state index in [2.05, 4.69) is 12.4 Å². The Balaban J connectivity index is 1.67. The van der Waals surface area contributed by atoms with E-state index in [4.69, 9.17) is 4.84 Å². The molecule has 0 amide bonds. The first-order valence-electron chi connectivity index (χ1n) is 8.82. The van der Waals surface area contributed by atoms with Crippen molar-refractivity contribution < 1.29 is 4.84 Å². The minimum Gasteiger partial charge on any atom is -0.299 e. The molecular formula is C17H35NO. The molecule has 2 nitrogen and oxygen atoms in total. The highest BCUT2D eigenvalue weighted by atomic mass is 16.7. The molecule has 1 fully saturated rings. The quantitative estimate of drug-likeness (QED) is 0.358. The van der Waals surface area contributed by atoms with Gasteiger partial charge in [-0.05, 0) is 19.3 Å². The van der Waals surface area contributed by atoms with Crippen molar-refractivity contribution in [1.29, 1.82) is 0 Å². The van der Waals surface area contributed by atoms with Crippen LogP contribution < -0.4 is 5.48 Å². The van der Waals surface area contributed by atoms with E-state index in [1.165, 1.54) is 89.9 Å². The molecule has 0 atom stereocenters. The third kappa shape index (κ3) is 10.4. The van der Waals surface area contributed by atoms with Crippen LogP contribution >= 0.6 is 0 Å². The average molecular weight is 269 g/mol. The molecule has 1 N–H and O–H groups in total. The monoisotopic (exact) mass is 269 g/mol. The Morgan fingerprint density at radius 1 is 0.789 bits per heavy atom. The molecule has 0 spiro atoms. The van der Waals surface area contributed by atoms with Gasteiger partial charge in [0.15, 0.2) is 0 Å². The Bertz CT molecular complexity index is 178. The van der Waals surface area contributed by atoms with Gasteiger partial charge in [-0.1, -0.05) is 77.6 Å². The molecule has 0 aromatic carbocycles. The molecule has 1 aliphatic rings. The van der Waals surface area contributed by atoms with E-state index in [0.717, 1.165) is 6.54 Å². The number of unbranched alkanes of at least 4 members (excludes halogenated alkanes) is 9. The van der Waals surface area contributed by atoms with Gasteiger partial charge >= 0.3 is 0 Å². The fraction of sp³-hybridized carbons (Fsp3) is 1.00. The summed E-state index contributed by atoms with van der Waals surface area (Å²) < 4.78 is 0. The topological polar surface area (TPSA) is 21.3 Å². The SMILES string of the molecule is CCCCCCCCCCCCNOC1CCCC1. The zero-order chi connectivity index (χ0) is 13.6. The van der Waals surface area contributed by atoms with Crippen LogP contribution in [0.2, 0.25) is 0 Å². The lowest BCUT2D eigenvalue weighted by atomic mass is 10.1. The van der Waals surface area contributed by atoms with Crippen LogP contribution in [0.25, 0.3) is 0 Å². The van der Waals surface area contributed by atoms with Gasteiger partial charge in [0.2, 0.25) is 0 Å². The number of hydrogen-bond donors (Lipinski definition) is 1. The van der Waals surface area contributed by atoms with Crippen molar-refractivity contribution >= 4 is 0 Å². The molecule has 0 unspecified atom stereocenters. The standard InChI is InChI=1S/C17H35NO/c1-2-3-4-5-6-7-8-9-10-13-16-18-19-17-14-11-12-15-17/h17-18H,2-16H2,1H3. The van der Waals surface area contributed by atoms with Gasteiger partial charge in [0.1, 0.15) is 0 Å². The molecule has 0 heterocycles. The van der Waals surface area contributed by atoms with Gasteiger partial charge in [-0.2, -0.15) is 0 Å². The van der Waals surface area contributed by atoms with Crippen LogP contribution in [-0.4, -0.2) is 12.6 Å². The molecule has 0 aromatic rings. The van der Waals surface area contributed by atoms with Crippen LogP contribution in [0, 0.1) is 0 Å². The van der Waals surface area contributed by atoms with Crippen molar-refractivity contribution in [2.45, 2.75) is 103 Å². The lowest BCUT2D eigenvalue weighted by molar-refractivity contribution is -0.0210. The number of rotatable bonds is 13. The van der Waals surface area contributed by atoms with E-state index < -0.39 is 0 Å². The van der Waals surface area contributed by atoms with Crippen molar-refractivity contribution in [3.05, 3.63) is 0 Å². The van der Waals surface area contributed by atoms with Crippen LogP contribution in [0.3, 0.4) is 0 Å². The molecule has 0 aromatic heterocycles. The largest absolute Gasteiger partial charge is 0.299 e. The summed E-state index contributed by atoms with van der Waals surface area (Å²) in [4.78, 5) is 5.64. The molecule has 0 saturated heterocycles. The Morgan fingerprint density at radius 2 is 1.32 bits per heavy atom. The zero-order valence-corrected chi connectivity index (χ0v) is 13.1. The highest BCUT2D eigenvalue weighted by Gasteiger charge is 2.14. The first-order valence-corrected chi connectivity index (χ1v) is 8.82. The van der Waals surface area contributed by atoms with Crippen molar-refractivity contribution in [3.63, 3.8) is 0 Å². The summed E-state index contributed by atoms with van der Waals surface area (Å²) in [5.74, 6) is 0. The van der Waals surface area contributed by atoms with Crippen molar-refractivity contribution in [3.8, 4) is 0 Å². The van der Waals surface area contributed by atoms with Crippen LogP contribution in [0.15, 0.2) is 0 Å². The van der Waals surface area contributed by atoms with Gasteiger partial charge in [0, 0.05) is 6.54 Å². The van der Waals surface area contributed by atoms with Crippen LogP contribution in [0.1, 0.15) is 96.8 Å². The van der Waals surface area contributed by atoms with Gasteiger partial charge in [-0.3, -0.25) is 4.84 Å². The molecule has 1 rings (SSSR count). The first kappa shape index (κ1) is 17.0. The molecule has 0 bridgehead atoms. The van der Waals surface area contributed by atoms with Crippen molar-refractivity contribution in [2.24, 2.45) is 0 Å². The summed E-state index contributed by atoms with van der Waals surface area (Å²) in [6.45, 7) is 3.32. The highest BCUT2D eigenvalue weighted by molar-refractivity contribution is 4.65. The highest BCUT2D eigenvalue weighted by Crippen LogP contribution is 2.19. The summed E-state index contributed by atoms with van der Waals surface area (Å²) in [5.41, 5.74) is 3.15. The number of hydrogen-bond acceptors (Lipinski definition) is 2. The molecule has 2 heteroatoms. The normalized spacial score (nSPS) is 16.3. The number of hydroxylamine groups is 1. The second-order valence-corrected chi connectivity index (χ2v) is 6.10. The first-order chi connectivity index (χ1) is 9.43. The molecule has 1 saturated carbocycles. The molecule has 0 aliphatic heterocycles. The van der Waals surface area contributed by atoms with Gasteiger partial charge in [0.05, 0.1) is 6.10 Å². The molecule has 114 valence electrons. The van der Waals surface area contributed by atoms with E-state index >= 15 is 0 Å². The van der Waals surface area contributed by atoms with E-state index in [9.17, 15) is 0 Å². The number of nitrogens with one attached hydrogen (secondary N) is 1. The maximum Gasteiger partial charge on any atom is 0.0790 e. The minimum atomic E-state index is 0.503. The predicted molar refractivity (Wildman–Crippen MR) is 83.2 cm³/mol. The van der Waals surface area contributed by atoms with Crippen molar-refractivity contribution in [2.75, 3.05) is 6.54 Å². The predicted octanol–water partition coefficient (Wildman–Crippen LogP) is 5.37. The summed E-state index contributed by atoms with van der Waals surface area (Å²) >= 11 is 0. The van der Waals surface area contributed by atoms with Gasteiger partial charge in [0.25, 0.3) is 0 Å². The van der Waals surface area contributed by atoms with E-state index in [1.807, 2.05) is 0 Å². The maximum atomic E-state index is 5.64. The lowest BCUT2D eigenvalue weighted by Crippen LogP contribution is -2.22. The van der Waals surface area contributed by atoms with Crippen LogP contribution in [0.4, 0.5) is 0 Å². The lowest BCUT2D eigenvalue weighted by Gasteiger charge is -2.11. The summed E-state index contributed by atoms with van der Waals surface area (Å²) in [5, 5.41) is 0. The fourth-order valence-corrected chi connectivity index (χ4v) is 2.87. The smallest absolute Gasteiger partial charge is 0.0790 e. The van der Waals surface area contributed by atoms with Crippen molar-refractivity contribution in [1.82, 2.24) is 5.48 Å². The summed E-state index contributed by atoms with van der Waals surface area (Å²) in [7, 11) is 0. The van der Waals surface area contributed by atoms with Gasteiger partial charge < -0.3 is 0 Å². The molecule has 19 heavy (non-hydrogen) atoms. The third-order valence-corrected chi connectivity index (χ3v) is 4.18. The van der Waals surface area contributed by atoms with E-state index in [-0.39, 0.29) is 0 Å². The second-order valence-electron chi connectivity index (χ2n) is 6.10. The minimum absolute atomic E-state index is 0.503.